The van der Waals surface area contributed by atoms with Crippen LogP contribution in [-0.2, 0) is 33.7 Å². The monoisotopic (exact) mass is 820 g/mol. The van der Waals surface area contributed by atoms with Crippen molar-refractivity contribution in [2.24, 2.45) is 10.8 Å². The molecule has 4 aromatic rings. The lowest BCUT2D eigenvalue weighted by atomic mass is 9.84. The summed E-state index contributed by atoms with van der Waals surface area (Å²) in [5.41, 5.74) is 3.00. The number of aromatic hydroxyl groups is 1. The van der Waals surface area contributed by atoms with Crippen LogP contribution in [-0.4, -0.2) is 99.4 Å². The molecular formula is C47H60N6O7. The van der Waals surface area contributed by atoms with Gasteiger partial charge < -0.3 is 40.7 Å². The minimum Gasteiger partial charge on any atom is -0.508 e. The van der Waals surface area contributed by atoms with Gasteiger partial charge in [0.25, 0.3) is 0 Å². The maximum atomic E-state index is 14.6. The first kappa shape index (κ1) is 45.1. The lowest BCUT2D eigenvalue weighted by molar-refractivity contribution is -0.131. The largest absolute Gasteiger partial charge is 0.508 e. The Labute approximate surface area is 353 Å². The topological polar surface area (TPSA) is 173 Å². The normalized spacial score (nSPS) is 15.7. The maximum absolute atomic E-state index is 14.6. The van der Waals surface area contributed by atoms with Crippen LogP contribution >= 0.6 is 0 Å². The molecule has 5 rings (SSSR count). The average molecular weight is 821 g/mol. The van der Waals surface area contributed by atoms with Crippen molar-refractivity contribution < 1.29 is 34.1 Å². The van der Waals surface area contributed by atoms with E-state index in [2.05, 4.69) is 20.9 Å². The second kappa shape index (κ2) is 19.9. The van der Waals surface area contributed by atoms with Gasteiger partial charge in [-0.25, -0.2) is 9.59 Å². The number of alkyl carbamates (subject to hydrolysis) is 1. The Morgan fingerprint density at radius 1 is 0.750 bits per heavy atom. The number of pyridine rings is 1. The number of hydrogen-bond acceptors (Lipinski definition) is 8. The molecule has 60 heavy (non-hydrogen) atoms. The molecule has 5 N–H and O–H groups in total. The van der Waals surface area contributed by atoms with Crippen LogP contribution in [0.3, 0.4) is 0 Å². The highest BCUT2D eigenvalue weighted by Gasteiger charge is 2.44. The lowest BCUT2D eigenvalue weighted by Crippen LogP contribution is -2.59. The van der Waals surface area contributed by atoms with Crippen molar-refractivity contribution in [1.29, 1.82) is 0 Å². The molecule has 0 spiro atoms. The van der Waals surface area contributed by atoms with Crippen molar-refractivity contribution in [3.63, 3.8) is 0 Å². The number of phenols is 1. The first-order chi connectivity index (χ1) is 28.4. The Bertz CT molecular complexity index is 2030. The standard InChI is InChI=1S/C47H60N6O7/c1-46(2,3)40(51-44(58)60-7)42(56)49-35(27-32-16-20-34(21-17-32)37-15-11-12-24-48-37)29-39(55)38(28-31-13-9-8-10-14-31)50-43(57)41(47(4,5)6)53-26-25-52(45(53)59)30-33-18-22-36(54)23-19-33/h8-24,35,38-41,54-55H,25-30H2,1-7H3,(H,49,56)(H,50,57)(H,51,58)/t35-,38-,39-,40+,41+/m0/s1. The first-order valence-electron chi connectivity index (χ1n) is 20.4. The Morgan fingerprint density at radius 2 is 1.38 bits per heavy atom. The molecule has 5 amide bonds. The van der Waals surface area contributed by atoms with Crippen LogP contribution in [0.25, 0.3) is 11.3 Å². The molecule has 0 unspecified atom stereocenters. The maximum Gasteiger partial charge on any atom is 0.407 e. The summed E-state index contributed by atoms with van der Waals surface area (Å²) < 4.78 is 4.84. The van der Waals surface area contributed by atoms with E-state index >= 15 is 0 Å². The molecule has 0 bridgehead atoms. The summed E-state index contributed by atoms with van der Waals surface area (Å²) in [4.78, 5) is 62.6. The second-order valence-corrected chi connectivity index (χ2v) is 17.7. The van der Waals surface area contributed by atoms with Crippen molar-refractivity contribution in [2.75, 3.05) is 20.2 Å². The molecule has 5 atom stereocenters. The molecule has 0 saturated carbocycles. The minimum absolute atomic E-state index is 0.0455. The summed E-state index contributed by atoms with van der Waals surface area (Å²) >= 11 is 0. The van der Waals surface area contributed by atoms with Gasteiger partial charge in [-0.05, 0) is 71.0 Å². The highest BCUT2D eigenvalue weighted by Crippen LogP contribution is 2.30. The van der Waals surface area contributed by atoms with Gasteiger partial charge in [0.15, 0.2) is 0 Å². The van der Waals surface area contributed by atoms with E-state index in [9.17, 15) is 29.4 Å². The minimum atomic E-state index is -1.16. The predicted molar refractivity (Wildman–Crippen MR) is 231 cm³/mol. The molecule has 1 aliphatic rings. The van der Waals surface area contributed by atoms with Crippen LogP contribution in [0.2, 0.25) is 0 Å². The van der Waals surface area contributed by atoms with E-state index in [1.807, 2.05) is 114 Å². The molecule has 1 saturated heterocycles. The molecule has 3 aromatic carbocycles. The Kier molecular flexibility index (Phi) is 14.9. The van der Waals surface area contributed by atoms with Crippen LogP contribution in [0.5, 0.6) is 5.75 Å². The van der Waals surface area contributed by atoms with E-state index in [0.29, 0.717) is 26.1 Å². The number of carbonyl (C=O) groups excluding carboxylic acids is 4. The summed E-state index contributed by atoms with van der Waals surface area (Å²) in [6.45, 7) is 12.3. The number of aliphatic hydroxyl groups excluding tert-OH is 1. The highest BCUT2D eigenvalue weighted by molar-refractivity contribution is 5.89. The number of phenolic OH excluding ortho intramolecular Hbond substituents is 1. The summed E-state index contributed by atoms with van der Waals surface area (Å²) in [7, 11) is 1.24. The number of nitrogens with zero attached hydrogens (tertiary/aromatic N) is 3. The average Bonchev–Trinajstić information content (AvgIpc) is 3.55. The van der Waals surface area contributed by atoms with E-state index < -0.39 is 59.0 Å². The first-order valence-corrected chi connectivity index (χ1v) is 20.4. The number of urea groups is 1. The third-order valence-electron chi connectivity index (χ3n) is 10.8. The number of hydrogen-bond donors (Lipinski definition) is 5. The summed E-state index contributed by atoms with van der Waals surface area (Å²) in [5, 5.41) is 30.9. The quantitative estimate of drug-likeness (QED) is 0.0905. The second-order valence-electron chi connectivity index (χ2n) is 17.7. The summed E-state index contributed by atoms with van der Waals surface area (Å²) in [6, 6.07) is 26.2. The Hall–Kier alpha value is -5.95. The summed E-state index contributed by atoms with van der Waals surface area (Å²) in [5.74, 6) is -0.711. The molecule has 2 heterocycles. The fourth-order valence-electron chi connectivity index (χ4n) is 7.64. The number of ether oxygens (including phenoxy) is 1. The lowest BCUT2D eigenvalue weighted by Gasteiger charge is -2.38. The van der Waals surface area contributed by atoms with Crippen molar-refractivity contribution in [3.05, 3.63) is 120 Å². The van der Waals surface area contributed by atoms with E-state index in [4.69, 9.17) is 4.74 Å². The van der Waals surface area contributed by atoms with Gasteiger partial charge in [0.2, 0.25) is 11.8 Å². The van der Waals surface area contributed by atoms with Crippen LogP contribution in [0.4, 0.5) is 9.59 Å². The molecular weight excluding hydrogens is 761 g/mol. The third kappa shape index (κ3) is 12.3. The zero-order chi connectivity index (χ0) is 43.6. The zero-order valence-corrected chi connectivity index (χ0v) is 35.7. The number of carbonyl (C=O) groups is 4. The van der Waals surface area contributed by atoms with Gasteiger partial charge in [0.05, 0.1) is 24.9 Å². The van der Waals surface area contributed by atoms with E-state index in [1.54, 1.807) is 40.3 Å². The van der Waals surface area contributed by atoms with Crippen molar-refractivity contribution in [3.8, 4) is 17.0 Å². The van der Waals surface area contributed by atoms with Crippen molar-refractivity contribution >= 4 is 23.9 Å². The smallest absolute Gasteiger partial charge is 0.407 e. The Balaban J connectivity index is 1.41. The zero-order valence-electron chi connectivity index (χ0n) is 35.7. The van der Waals surface area contributed by atoms with Gasteiger partial charge in [0.1, 0.15) is 17.8 Å². The number of methoxy groups -OCH3 is 1. The van der Waals surface area contributed by atoms with Gasteiger partial charge in [0, 0.05) is 37.4 Å². The molecule has 1 fully saturated rings. The fraction of sp³-hybridized carbons (Fsp3) is 0.426. The van der Waals surface area contributed by atoms with E-state index in [0.717, 1.165) is 27.9 Å². The number of benzene rings is 3. The SMILES string of the molecule is COC(=O)N[C@H](C(=O)N[C@@H](Cc1ccc(-c2ccccn2)cc1)C[C@H](O)[C@H](Cc1ccccc1)NC(=O)[C@@H](N1CCN(Cc2ccc(O)cc2)C1=O)C(C)(C)C)C(C)(C)C. The van der Waals surface area contributed by atoms with E-state index in [1.165, 1.54) is 7.11 Å². The number of amides is 5. The van der Waals surface area contributed by atoms with Gasteiger partial charge in [-0.3, -0.25) is 14.6 Å². The third-order valence-corrected chi connectivity index (χ3v) is 10.8. The molecule has 0 radical (unpaired) electrons. The molecule has 1 aromatic heterocycles. The number of aromatic nitrogens is 1. The highest BCUT2D eigenvalue weighted by atomic mass is 16.5. The van der Waals surface area contributed by atoms with Gasteiger partial charge in [-0.1, -0.05) is 114 Å². The number of nitrogens with one attached hydrogen (secondary N) is 3. The Morgan fingerprint density at radius 3 is 1.98 bits per heavy atom. The molecule has 13 heteroatoms. The van der Waals surface area contributed by atoms with Crippen LogP contribution < -0.4 is 16.0 Å². The van der Waals surface area contributed by atoms with Crippen LogP contribution in [0.15, 0.2) is 103 Å². The molecule has 0 aliphatic carbocycles. The molecule has 320 valence electrons. The predicted octanol–water partition coefficient (Wildman–Crippen LogP) is 6.08. The van der Waals surface area contributed by atoms with Crippen LogP contribution in [0.1, 0.15) is 64.7 Å². The van der Waals surface area contributed by atoms with Crippen molar-refractivity contribution in [2.45, 2.75) is 97.6 Å². The van der Waals surface area contributed by atoms with E-state index in [-0.39, 0.29) is 24.6 Å². The van der Waals surface area contributed by atoms with Gasteiger partial charge in [-0.2, -0.15) is 0 Å². The van der Waals surface area contributed by atoms with Crippen LogP contribution in [0, 0.1) is 10.8 Å². The molecule has 1 aliphatic heterocycles. The van der Waals surface area contributed by atoms with Gasteiger partial charge in [-0.15, -0.1) is 0 Å². The van der Waals surface area contributed by atoms with Gasteiger partial charge >= 0.3 is 12.1 Å². The number of rotatable bonds is 16. The molecule has 13 nitrogen and oxygen atoms in total. The fourth-order valence-corrected chi connectivity index (χ4v) is 7.64. The number of aliphatic hydroxyl groups is 1. The summed E-state index contributed by atoms with van der Waals surface area (Å²) in [6.07, 6.45) is 0.482. The van der Waals surface area contributed by atoms with Crippen molar-refractivity contribution in [1.82, 2.24) is 30.7 Å².